The lowest BCUT2D eigenvalue weighted by molar-refractivity contribution is 0.0554. The minimum absolute atomic E-state index is 0.0491. The molecule has 0 bridgehead atoms. The number of hydrogen-bond donors (Lipinski definition) is 1. The molecule has 0 fully saturated rings. The van der Waals surface area contributed by atoms with E-state index in [2.05, 4.69) is 0 Å². The molecule has 0 unspecified atom stereocenters. The molecule has 6 aromatic rings. The van der Waals surface area contributed by atoms with Crippen LogP contribution in [0.5, 0.6) is 0 Å². The quantitative estimate of drug-likeness (QED) is 0.0247. The lowest BCUT2D eigenvalue weighted by Crippen LogP contribution is -2.40. The summed E-state index contributed by atoms with van der Waals surface area (Å²) in [4.78, 5) is 0. The molecule has 0 aliphatic carbocycles. The third-order valence-electron chi connectivity index (χ3n) is 10.7. The van der Waals surface area contributed by atoms with E-state index in [1.165, 1.54) is 0 Å². The summed E-state index contributed by atoms with van der Waals surface area (Å²) < 4.78 is 238. The maximum Gasteiger partial charge on any atom is 0.637 e. The molecule has 0 aliphatic rings. The van der Waals surface area contributed by atoms with Crippen molar-refractivity contribution in [3.05, 3.63) is 212 Å². The molecule has 0 aromatic heterocycles. The summed E-state index contributed by atoms with van der Waals surface area (Å²) in [6, 6.07) is 26.5. The Morgan fingerprint density at radius 2 is 0.625 bits per heavy atom. The van der Waals surface area contributed by atoms with E-state index in [9.17, 15) is 44.5 Å². The van der Waals surface area contributed by atoms with Gasteiger partial charge in [0.05, 0.1) is 5.41 Å². The largest absolute Gasteiger partial charge is 0.637 e. The van der Waals surface area contributed by atoms with Gasteiger partial charge in [-0.05, 0) is 29.5 Å². The van der Waals surface area contributed by atoms with Crippen LogP contribution in [0.15, 0.2) is 91.0 Å². The number of rotatable bonds is 17. The van der Waals surface area contributed by atoms with Gasteiger partial charge in [-0.2, -0.15) is 0 Å². The molecule has 3 nitrogen and oxygen atoms in total. The standard InChI is InChI=1S/C45H30BF15O3/c47-29-26(30(48)36(54)41(59)35(29)53)44(27-31(49)37(55)42(60)38(56)32(27)50,28-33(51)39(57)43(61)40(58)34(28)52)21-13-2-1-3-14-22-63-46(62)64-45(23-15-7-4-8-16-23,24-17-9-5-10-18-24)25-19-11-6-12-20-25/h4-12,15-20,62H,1-3,13-14,21-22H2. The Bertz CT molecular complexity index is 2290. The Morgan fingerprint density at radius 3 is 0.938 bits per heavy atom. The molecular formula is C45H30BF15O3. The highest BCUT2D eigenvalue weighted by Gasteiger charge is 2.53. The zero-order chi connectivity index (χ0) is 46.7. The summed E-state index contributed by atoms with van der Waals surface area (Å²) >= 11 is 0. The third-order valence-corrected chi connectivity index (χ3v) is 10.7. The lowest BCUT2D eigenvalue weighted by atomic mass is 9.65. The van der Waals surface area contributed by atoms with Gasteiger partial charge < -0.3 is 14.3 Å². The van der Waals surface area contributed by atoms with Gasteiger partial charge in [-0.25, -0.2) is 65.9 Å². The van der Waals surface area contributed by atoms with Crippen LogP contribution >= 0.6 is 0 Å². The normalized spacial score (nSPS) is 12.0. The van der Waals surface area contributed by atoms with Crippen LogP contribution in [0.3, 0.4) is 0 Å². The van der Waals surface area contributed by atoms with Gasteiger partial charge >= 0.3 is 7.32 Å². The van der Waals surface area contributed by atoms with Crippen LogP contribution in [0.4, 0.5) is 65.9 Å². The maximum atomic E-state index is 15.8. The molecule has 0 atom stereocenters. The molecule has 6 aromatic carbocycles. The van der Waals surface area contributed by atoms with E-state index in [-0.39, 0.29) is 25.9 Å². The van der Waals surface area contributed by atoms with Crippen molar-refractivity contribution in [3.63, 3.8) is 0 Å². The van der Waals surface area contributed by atoms with Crippen LogP contribution in [0, 0.1) is 87.3 Å². The highest BCUT2D eigenvalue weighted by atomic mass is 19.2. The molecule has 6 rings (SSSR count). The molecule has 0 saturated heterocycles. The molecule has 0 spiro atoms. The van der Waals surface area contributed by atoms with Gasteiger partial charge in [0.2, 0.25) is 17.5 Å². The Balaban J connectivity index is 1.30. The van der Waals surface area contributed by atoms with Crippen molar-refractivity contribution in [1.29, 1.82) is 0 Å². The van der Waals surface area contributed by atoms with Crippen LogP contribution in [-0.4, -0.2) is 19.0 Å². The summed E-state index contributed by atoms with van der Waals surface area (Å²) in [5.74, 6) is -45.6. The van der Waals surface area contributed by atoms with Crippen molar-refractivity contribution >= 4 is 7.32 Å². The average Bonchev–Trinajstić information content (AvgIpc) is 3.31. The van der Waals surface area contributed by atoms with Crippen LogP contribution in [-0.2, 0) is 20.3 Å². The molecule has 0 heterocycles. The van der Waals surface area contributed by atoms with Crippen molar-refractivity contribution in [2.45, 2.75) is 49.5 Å². The molecule has 0 saturated carbocycles. The Morgan fingerprint density at radius 1 is 0.359 bits per heavy atom. The van der Waals surface area contributed by atoms with Gasteiger partial charge in [0.1, 0.15) is 5.60 Å². The fourth-order valence-corrected chi connectivity index (χ4v) is 7.80. The third kappa shape index (κ3) is 8.36. The summed E-state index contributed by atoms with van der Waals surface area (Å²) in [7, 11) is -1.90. The molecule has 1 N–H and O–H groups in total. The molecule has 0 aliphatic heterocycles. The monoisotopic (exact) mass is 914 g/mol. The first kappa shape index (κ1) is 47.7. The molecular weight excluding hydrogens is 884 g/mol. The highest BCUT2D eigenvalue weighted by molar-refractivity contribution is 6.34. The van der Waals surface area contributed by atoms with Crippen LogP contribution < -0.4 is 0 Å². The number of benzene rings is 6. The van der Waals surface area contributed by atoms with Crippen LogP contribution in [0.2, 0.25) is 0 Å². The fourth-order valence-electron chi connectivity index (χ4n) is 7.80. The molecule has 64 heavy (non-hydrogen) atoms. The van der Waals surface area contributed by atoms with Crippen molar-refractivity contribution in [3.8, 4) is 0 Å². The SMILES string of the molecule is OB(OCCCCCCCC(c1c(F)c(F)c(F)c(F)c1F)(c1c(F)c(F)c(F)c(F)c1F)c1c(F)c(F)c(F)c(F)c1F)OC(c1ccccc1)(c1ccccc1)c1ccccc1. The maximum absolute atomic E-state index is 15.8. The summed E-state index contributed by atoms with van der Waals surface area (Å²) in [6.45, 7) is -0.251. The molecule has 0 radical (unpaired) electrons. The Hall–Kier alpha value is -5.79. The predicted molar refractivity (Wildman–Crippen MR) is 200 cm³/mol. The summed E-state index contributed by atoms with van der Waals surface area (Å²) in [5.41, 5.74) is -12.2. The van der Waals surface area contributed by atoms with E-state index in [0.29, 0.717) is 16.7 Å². The van der Waals surface area contributed by atoms with Gasteiger partial charge in [-0.3, -0.25) is 0 Å². The fraction of sp³-hybridized carbons (Fsp3) is 0.200. The van der Waals surface area contributed by atoms with E-state index >= 15 is 26.3 Å². The number of halogens is 15. The number of unbranched alkanes of at least 4 members (excludes halogenated alkanes) is 4. The topological polar surface area (TPSA) is 38.7 Å². The van der Waals surface area contributed by atoms with Gasteiger partial charge in [0.25, 0.3) is 0 Å². The summed E-state index contributed by atoms with van der Waals surface area (Å²) in [6.07, 6.45) is -3.14. The second kappa shape index (κ2) is 19.5. The highest BCUT2D eigenvalue weighted by Crippen LogP contribution is 2.52. The van der Waals surface area contributed by atoms with E-state index < -0.39 is 142 Å². The van der Waals surface area contributed by atoms with Gasteiger partial charge in [-0.15, -0.1) is 0 Å². The van der Waals surface area contributed by atoms with Crippen molar-refractivity contribution in [2.75, 3.05) is 6.61 Å². The Kier molecular flexibility index (Phi) is 14.6. The van der Waals surface area contributed by atoms with E-state index in [1.54, 1.807) is 91.0 Å². The van der Waals surface area contributed by atoms with Gasteiger partial charge in [-0.1, -0.05) is 117 Å². The lowest BCUT2D eigenvalue weighted by Gasteiger charge is -2.37. The van der Waals surface area contributed by atoms with E-state index in [1.807, 2.05) is 0 Å². The van der Waals surface area contributed by atoms with E-state index in [0.717, 1.165) is 0 Å². The van der Waals surface area contributed by atoms with Crippen molar-refractivity contribution in [2.24, 2.45) is 0 Å². The second-order valence-electron chi connectivity index (χ2n) is 14.3. The van der Waals surface area contributed by atoms with Crippen LogP contribution in [0.1, 0.15) is 71.9 Å². The smallest absolute Gasteiger partial charge is 0.402 e. The Labute approximate surface area is 354 Å². The first-order valence-electron chi connectivity index (χ1n) is 19.1. The summed E-state index contributed by atoms with van der Waals surface area (Å²) in [5, 5.41) is 11.1. The predicted octanol–water partition coefficient (Wildman–Crippen LogP) is 12.5. The van der Waals surface area contributed by atoms with Crippen molar-refractivity contribution < 1.29 is 80.2 Å². The first-order chi connectivity index (χ1) is 30.4. The van der Waals surface area contributed by atoms with Gasteiger partial charge in [0, 0.05) is 23.3 Å². The minimum atomic E-state index is -4.54. The first-order valence-corrected chi connectivity index (χ1v) is 19.1. The van der Waals surface area contributed by atoms with Gasteiger partial charge in [0.15, 0.2) is 69.8 Å². The average molecular weight is 915 g/mol. The molecule has 336 valence electrons. The minimum Gasteiger partial charge on any atom is -0.402 e. The molecule has 0 amide bonds. The zero-order valence-electron chi connectivity index (χ0n) is 32.6. The van der Waals surface area contributed by atoms with E-state index in [4.69, 9.17) is 9.31 Å². The van der Waals surface area contributed by atoms with Crippen LogP contribution in [0.25, 0.3) is 0 Å². The molecule has 19 heteroatoms. The number of hydrogen-bond acceptors (Lipinski definition) is 3. The zero-order valence-corrected chi connectivity index (χ0v) is 32.6. The second-order valence-corrected chi connectivity index (χ2v) is 14.3. The van der Waals surface area contributed by atoms with Crippen molar-refractivity contribution in [1.82, 2.24) is 0 Å².